The average molecular weight is 431 g/mol. The highest BCUT2D eigenvalue weighted by molar-refractivity contribution is 8.15. The van der Waals surface area contributed by atoms with Crippen LogP contribution in [0.15, 0.2) is 65.2 Å². The van der Waals surface area contributed by atoms with E-state index < -0.39 is 4.75 Å². The van der Waals surface area contributed by atoms with E-state index in [0.717, 1.165) is 17.3 Å². The van der Waals surface area contributed by atoms with Gasteiger partial charge in [0, 0.05) is 17.7 Å². The lowest BCUT2D eigenvalue weighted by molar-refractivity contribution is 0.103. The Balaban J connectivity index is 1.54. The van der Waals surface area contributed by atoms with Gasteiger partial charge < -0.3 is 5.32 Å². The number of thiocarbonyl (C=S) groups is 1. The van der Waals surface area contributed by atoms with Crippen molar-refractivity contribution in [3.63, 3.8) is 0 Å². The Morgan fingerprint density at radius 1 is 1.07 bits per heavy atom. The number of hydrazine groups is 1. The molecule has 2 aromatic rings. The molecule has 0 radical (unpaired) electrons. The first-order chi connectivity index (χ1) is 14.6. The van der Waals surface area contributed by atoms with Crippen molar-refractivity contribution < 1.29 is 4.79 Å². The van der Waals surface area contributed by atoms with Crippen LogP contribution >= 0.6 is 24.0 Å². The first-order valence-corrected chi connectivity index (χ1v) is 10.1. The molecule has 4 rings (SSSR count). The van der Waals surface area contributed by atoms with Crippen LogP contribution in [0, 0.1) is 22.7 Å². The van der Waals surface area contributed by atoms with Gasteiger partial charge in [-0.2, -0.15) is 10.5 Å². The summed E-state index contributed by atoms with van der Waals surface area (Å²) >= 11 is 6.14. The van der Waals surface area contributed by atoms with Crippen LogP contribution in [0.1, 0.15) is 21.5 Å². The fourth-order valence-electron chi connectivity index (χ4n) is 3.20. The Bertz CT molecular complexity index is 1180. The first kappa shape index (κ1) is 19.6. The predicted molar refractivity (Wildman–Crippen MR) is 119 cm³/mol. The number of Topliss-reactive ketones (excluding diaryl/α,β-unsaturated/α-hetero) is 1. The molecule has 1 aliphatic heterocycles. The SMILES string of the molecule is N#CC1(C#N)SC(NNC(=S)NCc2ccccc2)=NC2=C1C(=O)c1ccccc12. The number of carbonyl (C=O) groups excluding carboxylic acids is 1. The van der Waals surface area contributed by atoms with Crippen LogP contribution in [-0.4, -0.2) is 20.8 Å². The molecular formula is C21H14N6OS2. The standard InChI is InChI=1S/C21H14N6OS2/c22-11-21(12-23)16-17(14-8-4-5-9-15(14)18(16)28)25-20(30-21)27-26-19(29)24-10-13-6-2-1-3-7-13/h1-9H,10H2,(H,25,27)(H2,24,26,29). The molecule has 7 nitrogen and oxygen atoms in total. The summed E-state index contributed by atoms with van der Waals surface area (Å²) in [6, 6.07) is 20.7. The lowest BCUT2D eigenvalue weighted by Crippen LogP contribution is -2.47. The number of carbonyl (C=O) groups is 1. The molecule has 146 valence electrons. The number of benzene rings is 2. The lowest BCUT2D eigenvalue weighted by atomic mass is 9.97. The zero-order chi connectivity index (χ0) is 21.1. The minimum absolute atomic E-state index is 0.106. The molecule has 9 heteroatoms. The molecule has 30 heavy (non-hydrogen) atoms. The van der Waals surface area contributed by atoms with Crippen LogP contribution in [0.4, 0.5) is 0 Å². The summed E-state index contributed by atoms with van der Waals surface area (Å²) in [5.74, 6) is -0.341. The monoisotopic (exact) mass is 430 g/mol. The van der Waals surface area contributed by atoms with Crippen LogP contribution in [0.25, 0.3) is 5.70 Å². The fraction of sp³-hybridized carbons (Fsp3) is 0.0952. The van der Waals surface area contributed by atoms with Gasteiger partial charge in [-0.1, -0.05) is 54.6 Å². The van der Waals surface area contributed by atoms with Crippen LogP contribution < -0.4 is 16.2 Å². The number of nitrogens with one attached hydrogen (secondary N) is 3. The van der Waals surface area contributed by atoms with Crippen molar-refractivity contribution in [1.29, 1.82) is 10.5 Å². The van der Waals surface area contributed by atoms with E-state index in [0.29, 0.717) is 28.5 Å². The summed E-state index contributed by atoms with van der Waals surface area (Å²) in [5.41, 5.74) is 8.22. The van der Waals surface area contributed by atoms with Crippen molar-refractivity contribution in [1.82, 2.24) is 16.2 Å². The molecule has 0 atom stereocenters. The zero-order valence-corrected chi connectivity index (χ0v) is 17.1. The molecule has 2 aromatic carbocycles. The highest BCUT2D eigenvalue weighted by Crippen LogP contribution is 2.47. The van der Waals surface area contributed by atoms with Gasteiger partial charge in [0.1, 0.15) is 12.1 Å². The molecule has 0 fully saturated rings. The summed E-state index contributed by atoms with van der Waals surface area (Å²) in [4.78, 5) is 17.3. The number of ketones is 1. The number of aliphatic imine (C=N–C) groups is 1. The quantitative estimate of drug-likeness (QED) is 0.492. The van der Waals surface area contributed by atoms with Gasteiger partial charge in [0.2, 0.25) is 4.75 Å². The second kappa shape index (κ2) is 7.99. The minimum atomic E-state index is -1.70. The van der Waals surface area contributed by atoms with E-state index in [1.54, 1.807) is 24.3 Å². The van der Waals surface area contributed by atoms with Gasteiger partial charge in [0.05, 0.1) is 11.3 Å². The summed E-state index contributed by atoms with van der Waals surface area (Å²) in [6.07, 6.45) is 0. The predicted octanol–water partition coefficient (Wildman–Crippen LogP) is 2.65. The molecular weight excluding hydrogens is 416 g/mol. The van der Waals surface area contributed by atoms with E-state index >= 15 is 0 Å². The van der Waals surface area contributed by atoms with Gasteiger partial charge >= 0.3 is 0 Å². The van der Waals surface area contributed by atoms with Crippen LogP contribution in [0.3, 0.4) is 0 Å². The van der Waals surface area contributed by atoms with Crippen LogP contribution in [0.5, 0.6) is 0 Å². The van der Waals surface area contributed by atoms with Gasteiger partial charge in [0.15, 0.2) is 16.1 Å². The minimum Gasteiger partial charge on any atom is -0.357 e. The molecule has 0 spiro atoms. The number of nitrogens with zero attached hydrogens (tertiary/aromatic N) is 3. The van der Waals surface area contributed by atoms with Crippen molar-refractivity contribution in [3.05, 3.63) is 76.9 Å². The second-order valence-electron chi connectivity index (χ2n) is 6.44. The van der Waals surface area contributed by atoms with E-state index in [4.69, 9.17) is 12.2 Å². The number of hydrogen-bond donors (Lipinski definition) is 3. The Labute approximate surface area is 182 Å². The van der Waals surface area contributed by atoms with Gasteiger partial charge in [0.25, 0.3) is 0 Å². The second-order valence-corrected chi connectivity index (χ2v) is 8.05. The molecule has 3 N–H and O–H groups in total. The van der Waals surface area contributed by atoms with Crippen LogP contribution in [0.2, 0.25) is 0 Å². The third-order valence-corrected chi connectivity index (χ3v) is 5.93. The number of rotatable bonds is 2. The summed E-state index contributed by atoms with van der Waals surface area (Å²) in [6.45, 7) is 0.533. The van der Waals surface area contributed by atoms with Crippen molar-refractivity contribution >= 4 is 45.7 Å². The van der Waals surface area contributed by atoms with Crippen molar-refractivity contribution in [3.8, 4) is 12.1 Å². The molecule has 0 bridgehead atoms. The number of fused-ring (bicyclic) bond motifs is 2. The Kier molecular flexibility index (Phi) is 5.23. The van der Waals surface area contributed by atoms with Crippen molar-refractivity contribution in [2.24, 2.45) is 4.99 Å². The van der Waals surface area contributed by atoms with Gasteiger partial charge in [-0.05, 0) is 29.5 Å². The molecule has 0 unspecified atom stereocenters. The van der Waals surface area contributed by atoms with E-state index in [2.05, 4.69) is 21.2 Å². The van der Waals surface area contributed by atoms with E-state index in [1.807, 2.05) is 42.5 Å². The van der Waals surface area contributed by atoms with Gasteiger partial charge in [-0.15, -0.1) is 0 Å². The maximum Gasteiger partial charge on any atom is 0.226 e. The van der Waals surface area contributed by atoms with E-state index in [9.17, 15) is 15.3 Å². The molecule has 0 saturated heterocycles. The third-order valence-electron chi connectivity index (χ3n) is 4.60. The maximum atomic E-state index is 12.8. The van der Waals surface area contributed by atoms with E-state index in [1.165, 1.54) is 0 Å². The smallest absolute Gasteiger partial charge is 0.226 e. The highest BCUT2D eigenvalue weighted by atomic mass is 32.2. The van der Waals surface area contributed by atoms with Crippen LogP contribution in [-0.2, 0) is 6.54 Å². The highest BCUT2D eigenvalue weighted by Gasteiger charge is 2.50. The maximum absolute atomic E-state index is 12.8. The number of thioether (sulfide) groups is 1. The Morgan fingerprint density at radius 3 is 2.43 bits per heavy atom. The van der Waals surface area contributed by atoms with Gasteiger partial charge in [-0.3, -0.25) is 15.6 Å². The summed E-state index contributed by atoms with van der Waals surface area (Å²) in [7, 11) is 0. The molecule has 1 aliphatic carbocycles. The average Bonchev–Trinajstić information content (AvgIpc) is 3.09. The number of nitriles is 2. The molecule has 0 amide bonds. The summed E-state index contributed by atoms with van der Waals surface area (Å²) in [5, 5.41) is 23.2. The molecule has 0 saturated carbocycles. The Morgan fingerprint density at radius 2 is 1.73 bits per heavy atom. The van der Waals surface area contributed by atoms with Crippen molar-refractivity contribution in [2.75, 3.05) is 0 Å². The lowest BCUT2D eigenvalue weighted by Gasteiger charge is -2.25. The summed E-state index contributed by atoms with van der Waals surface area (Å²) < 4.78 is -1.70. The largest absolute Gasteiger partial charge is 0.357 e. The van der Waals surface area contributed by atoms with E-state index in [-0.39, 0.29) is 16.5 Å². The molecule has 2 aliphatic rings. The normalized spacial score (nSPS) is 15.8. The van der Waals surface area contributed by atoms with Gasteiger partial charge in [-0.25, -0.2) is 4.99 Å². The first-order valence-electron chi connectivity index (χ1n) is 8.91. The third kappa shape index (κ3) is 3.41. The van der Waals surface area contributed by atoms with Crippen molar-refractivity contribution in [2.45, 2.75) is 11.3 Å². The zero-order valence-electron chi connectivity index (χ0n) is 15.5. The molecule has 0 aromatic heterocycles. The molecule has 1 heterocycles. The fourth-order valence-corrected chi connectivity index (χ4v) is 4.23. The Hall–Kier alpha value is -3.66. The number of amidine groups is 1. The topological polar surface area (TPSA) is 113 Å². The number of hydrogen-bond acceptors (Lipinski definition) is 7.